The molecule has 0 aromatic carbocycles. The van der Waals surface area contributed by atoms with Crippen molar-refractivity contribution in [3.05, 3.63) is 36.0 Å². The second-order valence-electron chi connectivity index (χ2n) is 10.9. The van der Waals surface area contributed by atoms with E-state index in [0.717, 1.165) is 10.5 Å². The molecule has 1 heterocycles. The number of hydrogen-bond donors (Lipinski definition) is 3. The van der Waals surface area contributed by atoms with Crippen LogP contribution >= 0.6 is 0 Å². The van der Waals surface area contributed by atoms with Gasteiger partial charge in [0.2, 0.25) is 17.7 Å². The number of carbonyl (C=O) groups is 7. The van der Waals surface area contributed by atoms with Crippen molar-refractivity contribution in [1.29, 1.82) is 0 Å². The van der Waals surface area contributed by atoms with Gasteiger partial charge in [0, 0.05) is 50.3 Å². The Morgan fingerprint density at radius 1 is 0.929 bits per heavy atom. The number of nitrogens with zero attached hydrogens (tertiary/aromatic N) is 1. The van der Waals surface area contributed by atoms with E-state index in [2.05, 4.69) is 10.6 Å². The summed E-state index contributed by atoms with van der Waals surface area (Å²) in [5.41, 5.74) is 5.97. The van der Waals surface area contributed by atoms with E-state index in [1.165, 1.54) is 12.2 Å². The summed E-state index contributed by atoms with van der Waals surface area (Å²) >= 11 is 0. The van der Waals surface area contributed by atoms with Crippen molar-refractivity contribution >= 4 is 41.1 Å². The molecule has 0 aliphatic carbocycles. The topological polar surface area (TPSA) is 173 Å². The maximum absolute atomic E-state index is 13.4. The van der Waals surface area contributed by atoms with Gasteiger partial charge in [-0.2, -0.15) is 0 Å². The third kappa shape index (κ3) is 14.1. The number of imide groups is 1. The van der Waals surface area contributed by atoms with Crippen molar-refractivity contribution in [3.8, 4) is 0 Å². The number of allylic oxidation sites excluding steroid dienone is 3. The Morgan fingerprint density at radius 3 is 2.17 bits per heavy atom. The molecule has 0 radical (unpaired) electrons. The number of amides is 5. The molecular weight excluding hydrogens is 540 g/mol. The van der Waals surface area contributed by atoms with Gasteiger partial charge in [-0.25, -0.2) is 0 Å². The van der Waals surface area contributed by atoms with Crippen molar-refractivity contribution in [2.45, 2.75) is 91.5 Å². The van der Waals surface area contributed by atoms with Crippen molar-refractivity contribution in [2.24, 2.45) is 17.6 Å². The maximum atomic E-state index is 13.4. The van der Waals surface area contributed by atoms with Gasteiger partial charge in [0.05, 0.1) is 12.6 Å². The van der Waals surface area contributed by atoms with Gasteiger partial charge in [-0.1, -0.05) is 44.1 Å². The molecule has 0 unspecified atom stereocenters. The highest BCUT2D eigenvalue weighted by molar-refractivity contribution is 6.12. The Balaban J connectivity index is 2.69. The van der Waals surface area contributed by atoms with E-state index in [1.54, 1.807) is 0 Å². The molecule has 42 heavy (non-hydrogen) atoms. The van der Waals surface area contributed by atoms with Crippen LogP contribution in [0.1, 0.15) is 85.5 Å². The monoisotopic (exact) mass is 586 g/mol. The zero-order valence-corrected chi connectivity index (χ0v) is 25.3. The first-order valence-corrected chi connectivity index (χ1v) is 14.6. The number of unbranched alkanes of at least 4 members (excludes halogenated alkanes) is 2. The van der Waals surface area contributed by atoms with Crippen LogP contribution in [-0.2, 0) is 33.6 Å². The van der Waals surface area contributed by atoms with E-state index in [9.17, 15) is 33.6 Å². The first-order chi connectivity index (χ1) is 19.9. The van der Waals surface area contributed by atoms with Gasteiger partial charge >= 0.3 is 0 Å². The Bertz CT molecular complexity index is 1070. The molecule has 0 saturated heterocycles. The van der Waals surface area contributed by atoms with Crippen molar-refractivity contribution in [3.63, 3.8) is 0 Å². The van der Waals surface area contributed by atoms with Crippen molar-refractivity contribution in [2.75, 3.05) is 13.1 Å². The minimum Gasteiger partial charge on any atom is -0.368 e. The van der Waals surface area contributed by atoms with Gasteiger partial charge in [0.25, 0.3) is 11.8 Å². The molecule has 0 fully saturated rings. The third-order valence-electron chi connectivity index (χ3n) is 6.80. The van der Waals surface area contributed by atoms with Crippen LogP contribution in [0.2, 0.25) is 0 Å². The summed E-state index contributed by atoms with van der Waals surface area (Å²) in [4.78, 5) is 86.7. The number of ketones is 2. The molecule has 0 aromatic heterocycles. The van der Waals surface area contributed by atoms with Crippen molar-refractivity contribution in [1.82, 2.24) is 15.5 Å². The van der Waals surface area contributed by atoms with Gasteiger partial charge in [-0.15, -0.1) is 0 Å². The lowest BCUT2D eigenvalue weighted by atomic mass is 9.88. The molecule has 2 atom stereocenters. The Labute approximate surface area is 248 Å². The normalized spacial score (nSPS) is 14.9. The average molecular weight is 587 g/mol. The largest absolute Gasteiger partial charge is 0.368 e. The number of rotatable bonds is 21. The second kappa shape index (κ2) is 19.3. The Morgan fingerprint density at radius 2 is 1.60 bits per heavy atom. The SMILES string of the molecule is C/C=C\C(=C/C)C[C@H](NC(=O)CCC(=O)CCCCCN1C(=O)C=CC1=O)C(=O)C[C@@H](CC(C)C)C(=O)NCC(N)=O. The van der Waals surface area contributed by atoms with Crippen LogP contribution in [-0.4, -0.2) is 65.1 Å². The highest BCUT2D eigenvalue weighted by Crippen LogP contribution is 2.20. The molecule has 4 N–H and O–H groups in total. The lowest BCUT2D eigenvalue weighted by molar-refractivity contribution is -0.137. The summed E-state index contributed by atoms with van der Waals surface area (Å²) in [6, 6.07) is -0.890. The molecule has 5 amide bonds. The third-order valence-corrected chi connectivity index (χ3v) is 6.80. The zero-order valence-electron chi connectivity index (χ0n) is 25.3. The van der Waals surface area contributed by atoms with Gasteiger partial charge in [-0.3, -0.25) is 38.5 Å². The van der Waals surface area contributed by atoms with Crippen LogP contribution < -0.4 is 16.4 Å². The number of nitrogens with one attached hydrogen (secondary N) is 2. The molecule has 0 saturated carbocycles. The summed E-state index contributed by atoms with van der Waals surface area (Å²) in [6.07, 6.45) is 10.6. The van der Waals surface area contributed by atoms with Crippen LogP contribution in [0.25, 0.3) is 0 Å². The number of nitrogens with two attached hydrogens (primary N) is 1. The summed E-state index contributed by atoms with van der Waals surface area (Å²) in [7, 11) is 0. The lowest BCUT2D eigenvalue weighted by Crippen LogP contribution is -2.44. The van der Waals surface area contributed by atoms with Gasteiger partial charge in [0.1, 0.15) is 5.78 Å². The second-order valence-corrected chi connectivity index (χ2v) is 10.9. The summed E-state index contributed by atoms with van der Waals surface area (Å²) in [5, 5.41) is 5.23. The quantitative estimate of drug-likeness (QED) is 0.105. The number of primary amides is 1. The number of hydrogen-bond acceptors (Lipinski definition) is 7. The molecule has 11 heteroatoms. The van der Waals surface area contributed by atoms with Crippen LogP contribution in [0.3, 0.4) is 0 Å². The number of Topliss-reactive ketones (excluding diaryl/α,β-unsaturated/α-hetero) is 2. The smallest absolute Gasteiger partial charge is 0.253 e. The Hall–Kier alpha value is -3.89. The highest BCUT2D eigenvalue weighted by Gasteiger charge is 2.29. The minimum atomic E-state index is -0.890. The summed E-state index contributed by atoms with van der Waals surface area (Å²) in [5.74, 6) is -3.20. The molecule has 1 rings (SSSR count). The first kappa shape index (κ1) is 36.1. The van der Waals surface area contributed by atoms with E-state index in [-0.39, 0.29) is 67.9 Å². The van der Waals surface area contributed by atoms with Crippen molar-refractivity contribution < 1.29 is 33.6 Å². The highest BCUT2D eigenvalue weighted by atomic mass is 16.2. The molecule has 232 valence electrons. The van der Waals surface area contributed by atoms with E-state index in [0.29, 0.717) is 32.2 Å². The molecular formula is C31H46N4O7. The summed E-state index contributed by atoms with van der Waals surface area (Å²) < 4.78 is 0. The fraction of sp³-hybridized carbons (Fsp3) is 0.581. The predicted octanol–water partition coefficient (Wildman–Crippen LogP) is 2.44. The maximum Gasteiger partial charge on any atom is 0.253 e. The predicted molar refractivity (Wildman–Crippen MR) is 158 cm³/mol. The standard InChI is InChI=1S/C31H46N4O7/c1-5-10-22(6-2)18-25(26(37)19-23(17-21(3)4)31(42)33-20-27(32)38)34-28(39)13-12-24(36)11-8-7-9-16-35-29(40)14-15-30(35)41/h5-6,10,14-15,21,23,25H,7-9,11-13,16-20H2,1-4H3,(H2,32,38)(H,33,42)(H,34,39)/b10-5-,22-6+/t23-,25+/m1/s1. The summed E-state index contributed by atoms with van der Waals surface area (Å²) in [6.45, 7) is 7.50. The van der Waals surface area contributed by atoms with E-state index in [1.807, 2.05) is 45.9 Å². The molecule has 0 aromatic rings. The Kier molecular flexibility index (Phi) is 16.6. The minimum absolute atomic E-state index is 0.0244. The zero-order chi connectivity index (χ0) is 31.7. The van der Waals surface area contributed by atoms with Crippen LogP contribution in [0.15, 0.2) is 36.0 Å². The molecule has 0 bridgehead atoms. The fourth-order valence-corrected chi connectivity index (χ4v) is 4.60. The van der Waals surface area contributed by atoms with E-state index in [4.69, 9.17) is 5.73 Å². The number of carbonyl (C=O) groups excluding carboxylic acids is 7. The average Bonchev–Trinajstić information content (AvgIpc) is 3.25. The molecule has 1 aliphatic heterocycles. The van der Waals surface area contributed by atoms with Gasteiger partial charge < -0.3 is 16.4 Å². The van der Waals surface area contributed by atoms with Crippen LogP contribution in [0.5, 0.6) is 0 Å². The fourth-order valence-electron chi connectivity index (χ4n) is 4.60. The molecule has 0 spiro atoms. The van der Waals surface area contributed by atoms with Gasteiger partial charge in [0.15, 0.2) is 5.78 Å². The van der Waals surface area contributed by atoms with Crippen LogP contribution in [0.4, 0.5) is 0 Å². The van der Waals surface area contributed by atoms with E-state index >= 15 is 0 Å². The lowest BCUT2D eigenvalue weighted by Gasteiger charge is -2.23. The molecule has 1 aliphatic rings. The van der Waals surface area contributed by atoms with Crippen LogP contribution in [0, 0.1) is 11.8 Å². The molecule has 11 nitrogen and oxygen atoms in total. The van der Waals surface area contributed by atoms with E-state index < -0.39 is 29.7 Å². The van der Waals surface area contributed by atoms with Gasteiger partial charge in [-0.05, 0) is 45.4 Å². The first-order valence-electron chi connectivity index (χ1n) is 14.6.